The van der Waals surface area contributed by atoms with Crippen LogP contribution in [0.1, 0.15) is 106 Å². The molecule has 0 spiro atoms. The average Bonchev–Trinajstić information content (AvgIpc) is 3.07. The van der Waals surface area contributed by atoms with E-state index in [2.05, 4.69) is 24.3 Å². The maximum atomic E-state index is 2.44. The summed E-state index contributed by atoms with van der Waals surface area (Å²) in [5.74, 6) is 0. The van der Waals surface area contributed by atoms with Gasteiger partial charge in [0.05, 0.1) is 0 Å². The normalized spacial score (nSPS) is 21.0. The minimum absolute atomic E-state index is 1.18. The van der Waals surface area contributed by atoms with E-state index < -0.39 is 0 Å². The standard InChI is InChI=1S/C24H36/c1-2-4-6-8-10-12-15-21-19-20-22-16-14-18-24(22)23(21)17-13-11-9-7-5-3-1/h14,16,19-20H,1-13,15,17-18H2. The Morgan fingerprint density at radius 1 is 0.500 bits per heavy atom. The van der Waals surface area contributed by atoms with Gasteiger partial charge in [-0.25, -0.2) is 0 Å². The number of allylic oxidation sites excluding steroid dienone is 1. The molecule has 0 heteroatoms. The minimum Gasteiger partial charge on any atom is -0.0795 e. The van der Waals surface area contributed by atoms with E-state index in [0.717, 1.165) is 0 Å². The van der Waals surface area contributed by atoms with Gasteiger partial charge in [-0.2, -0.15) is 0 Å². The fourth-order valence-electron chi connectivity index (χ4n) is 4.57. The van der Waals surface area contributed by atoms with Crippen molar-refractivity contribution in [2.24, 2.45) is 0 Å². The molecule has 132 valence electrons. The Morgan fingerprint density at radius 2 is 1.04 bits per heavy atom. The molecule has 0 N–H and O–H groups in total. The molecule has 0 radical (unpaired) electrons. The molecular formula is C24H36. The van der Waals surface area contributed by atoms with Gasteiger partial charge in [0.15, 0.2) is 0 Å². The maximum Gasteiger partial charge on any atom is -0.00853 e. The van der Waals surface area contributed by atoms with Gasteiger partial charge in [0, 0.05) is 0 Å². The van der Waals surface area contributed by atoms with Crippen molar-refractivity contribution in [3.63, 3.8) is 0 Å². The zero-order chi connectivity index (χ0) is 16.5. The lowest BCUT2D eigenvalue weighted by Crippen LogP contribution is -2.01. The van der Waals surface area contributed by atoms with Crippen LogP contribution in [0.25, 0.3) is 6.08 Å². The van der Waals surface area contributed by atoms with E-state index in [0.29, 0.717) is 0 Å². The molecule has 0 heterocycles. The summed E-state index contributed by atoms with van der Waals surface area (Å²) in [7, 11) is 0. The first kappa shape index (κ1) is 17.8. The third kappa shape index (κ3) is 5.23. The van der Waals surface area contributed by atoms with Gasteiger partial charge >= 0.3 is 0 Å². The van der Waals surface area contributed by atoms with Crippen LogP contribution >= 0.6 is 0 Å². The van der Waals surface area contributed by atoms with Crippen molar-refractivity contribution < 1.29 is 0 Å². The molecule has 24 heavy (non-hydrogen) atoms. The zero-order valence-electron chi connectivity index (χ0n) is 15.6. The largest absolute Gasteiger partial charge is 0.0795 e. The summed E-state index contributed by atoms with van der Waals surface area (Å²) in [5, 5.41) is 0. The summed E-state index contributed by atoms with van der Waals surface area (Å²) >= 11 is 0. The van der Waals surface area contributed by atoms with Gasteiger partial charge in [-0.05, 0) is 54.4 Å². The van der Waals surface area contributed by atoms with Gasteiger partial charge in [-0.15, -0.1) is 0 Å². The van der Waals surface area contributed by atoms with Crippen LogP contribution < -0.4 is 0 Å². The van der Waals surface area contributed by atoms with Crippen LogP contribution in [0.4, 0.5) is 0 Å². The highest BCUT2D eigenvalue weighted by Gasteiger charge is 2.14. The summed E-state index contributed by atoms with van der Waals surface area (Å²) in [6.45, 7) is 0. The van der Waals surface area contributed by atoms with E-state index in [9.17, 15) is 0 Å². The predicted octanol–water partition coefficient (Wildman–Crippen LogP) is 7.43. The Kier molecular flexibility index (Phi) is 7.45. The summed E-state index contributed by atoms with van der Waals surface area (Å²) in [5.41, 5.74) is 6.55. The third-order valence-electron chi connectivity index (χ3n) is 6.06. The Balaban J connectivity index is 1.62. The summed E-state index contributed by atoms with van der Waals surface area (Å²) in [6, 6.07) is 4.82. The second-order valence-electron chi connectivity index (χ2n) is 7.97. The van der Waals surface area contributed by atoms with Crippen LogP contribution in [0, 0.1) is 0 Å². The number of aryl methyl sites for hydroxylation is 1. The van der Waals surface area contributed by atoms with E-state index in [1.165, 1.54) is 108 Å². The van der Waals surface area contributed by atoms with Crippen LogP contribution in [0.2, 0.25) is 0 Å². The average molecular weight is 325 g/mol. The van der Waals surface area contributed by atoms with Gasteiger partial charge in [-0.3, -0.25) is 0 Å². The fourth-order valence-corrected chi connectivity index (χ4v) is 4.57. The quantitative estimate of drug-likeness (QED) is 0.465. The molecule has 0 saturated carbocycles. The van der Waals surface area contributed by atoms with Gasteiger partial charge in [0.25, 0.3) is 0 Å². The lowest BCUT2D eigenvalue weighted by molar-refractivity contribution is 0.539. The monoisotopic (exact) mass is 324 g/mol. The molecule has 0 bridgehead atoms. The smallest absolute Gasteiger partial charge is 0.00853 e. The van der Waals surface area contributed by atoms with Crippen molar-refractivity contribution in [1.82, 2.24) is 0 Å². The molecule has 0 nitrogen and oxygen atoms in total. The lowest BCUT2D eigenvalue weighted by Gasteiger charge is -2.15. The first-order valence-electron chi connectivity index (χ1n) is 10.8. The highest BCUT2D eigenvalue weighted by Crippen LogP contribution is 2.29. The molecule has 3 rings (SSSR count). The van der Waals surface area contributed by atoms with Gasteiger partial charge in [-0.1, -0.05) is 94.9 Å². The molecule has 2 aliphatic rings. The molecular weight excluding hydrogens is 288 g/mol. The van der Waals surface area contributed by atoms with Gasteiger partial charge in [0.2, 0.25) is 0 Å². The van der Waals surface area contributed by atoms with Gasteiger partial charge < -0.3 is 0 Å². The number of benzene rings is 1. The maximum absolute atomic E-state index is 2.44. The van der Waals surface area contributed by atoms with Crippen molar-refractivity contribution in [1.29, 1.82) is 0 Å². The first-order valence-corrected chi connectivity index (χ1v) is 10.8. The molecule has 1 aromatic rings. The Bertz CT molecular complexity index is 523. The highest BCUT2D eigenvalue weighted by atomic mass is 14.2. The van der Waals surface area contributed by atoms with Crippen LogP contribution in [0.15, 0.2) is 18.2 Å². The summed E-state index contributed by atoms with van der Waals surface area (Å²) in [6.07, 6.45) is 27.3. The number of rotatable bonds is 0. The van der Waals surface area contributed by atoms with E-state index in [1.54, 1.807) is 16.7 Å². The molecule has 0 aromatic heterocycles. The molecule has 2 aliphatic carbocycles. The lowest BCUT2D eigenvalue weighted by atomic mass is 9.90. The molecule has 0 saturated heterocycles. The van der Waals surface area contributed by atoms with Crippen LogP contribution in [-0.2, 0) is 19.3 Å². The van der Waals surface area contributed by atoms with Crippen LogP contribution in [-0.4, -0.2) is 0 Å². The van der Waals surface area contributed by atoms with E-state index in [4.69, 9.17) is 0 Å². The van der Waals surface area contributed by atoms with Crippen molar-refractivity contribution in [3.8, 4) is 0 Å². The highest BCUT2D eigenvalue weighted by molar-refractivity contribution is 5.63. The minimum atomic E-state index is 1.18. The van der Waals surface area contributed by atoms with Crippen LogP contribution in [0.5, 0.6) is 0 Å². The van der Waals surface area contributed by atoms with Crippen molar-refractivity contribution in [2.45, 2.75) is 103 Å². The number of fused-ring (bicyclic) bond motifs is 3. The van der Waals surface area contributed by atoms with Crippen molar-refractivity contribution in [3.05, 3.63) is 40.5 Å². The molecule has 0 atom stereocenters. The molecule has 0 fully saturated rings. The predicted molar refractivity (Wildman–Crippen MR) is 107 cm³/mol. The Hall–Kier alpha value is -1.04. The Labute approximate surface area is 149 Å². The second kappa shape index (κ2) is 10.1. The van der Waals surface area contributed by atoms with Crippen molar-refractivity contribution in [2.75, 3.05) is 0 Å². The summed E-state index contributed by atoms with van der Waals surface area (Å²) < 4.78 is 0. The SMILES string of the molecule is C1=Cc2ccc3c(c2C1)CCCCCCCCCCCCCCC3. The zero-order valence-corrected chi connectivity index (χ0v) is 15.6. The number of hydrogen-bond acceptors (Lipinski definition) is 0. The van der Waals surface area contributed by atoms with E-state index >= 15 is 0 Å². The number of hydrogen-bond donors (Lipinski definition) is 0. The topological polar surface area (TPSA) is 0 Å². The van der Waals surface area contributed by atoms with E-state index in [-0.39, 0.29) is 0 Å². The Morgan fingerprint density at radius 3 is 1.67 bits per heavy atom. The van der Waals surface area contributed by atoms with Crippen LogP contribution in [0.3, 0.4) is 0 Å². The fraction of sp³-hybridized carbons (Fsp3) is 0.667. The van der Waals surface area contributed by atoms with E-state index in [1.807, 2.05) is 0 Å². The molecule has 0 unspecified atom stereocenters. The third-order valence-corrected chi connectivity index (χ3v) is 6.06. The second-order valence-corrected chi connectivity index (χ2v) is 7.97. The molecule has 1 aromatic carbocycles. The molecule has 0 amide bonds. The first-order chi connectivity index (χ1) is 11.9. The summed E-state index contributed by atoms with van der Waals surface area (Å²) in [4.78, 5) is 0. The van der Waals surface area contributed by atoms with Crippen molar-refractivity contribution >= 4 is 6.08 Å². The van der Waals surface area contributed by atoms with Gasteiger partial charge in [0.1, 0.15) is 0 Å². The molecule has 0 aliphatic heterocycles.